The highest BCUT2D eigenvalue weighted by Gasteiger charge is 2.03. The van der Waals surface area contributed by atoms with Gasteiger partial charge in [0.1, 0.15) is 17.4 Å². The first kappa shape index (κ1) is 20.2. The van der Waals surface area contributed by atoms with Crippen molar-refractivity contribution in [2.45, 2.75) is 78.1 Å². The van der Waals surface area contributed by atoms with Crippen LogP contribution < -0.4 is 4.74 Å². The Morgan fingerprint density at radius 1 is 0.913 bits per heavy atom. The van der Waals surface area contributed by atoms with Crippen LogP contribution in [-0.2, 0) is 0 Å². The molecule has 23 heavy (non-hydrogen) atoms. The Kier molecular flexibility index (Phi) is 11.9. The molecule has 0 unspecified atom stereocenters. The lowest BCUT2D eigenvalue weighted by molar-refractivity contribution is 0.383. The van der Waals surface area contributed by atoms with E-state index in [2.05, 4.69) is 6.92 Å². The first-order valence-corrected chi connectivity index (χ1v) is 10.4. The fraction of sp³-hybridized carbons (Fsp3) is 0.700. The summed E-state index contributed by atoms with van der Waals surface area (Å²) in [6, 6.07) is 5.43. The minimum absolute atomic E-state index is 0.308. The third-order valence-electron chi connectivity index (χ3n) is 4.20. The fourth-order valence-corrected chi connectivity index (χ4v) is 3.35. The maximum Gasteiger partial charge on any atom is 0.134 e. The summed E-state index contributed by atoms with van der Waals surface area (Å²) in [5, 5.41) is 9.62. The SMILES string of the molecule is CCCCCCCCCCCCSCOc1cccc(O)c1C. The van der Waals surface area contributed by atoms with E-state index in [9.17, 15) is 5.11 Å². The van der Waals surface area contributed by atoms with Crippen molar-refractivity contribution in [3.05, 3.63) is 23.8 Å². The van der Waals surface area contributed by atoms with Gasteiger partial charge in [0.05, 0.1) is 0 Å². The van der Waals surface area contributed by atoms with Crippen LogP contribution in [0.1, 0.15) is 76.7 Å². The number of benzene rings is 1. The molecule has 0 atom stereocenters. The van der Waals surface area contributed by atoms with Crippen LogP contribution in [0.25, 0.3) is 0 Å². The molecule has 1 aromatic carbocycles. The molecular weight excluding hydrogens is 304 g/mol. The van der Waals surface area contributed by atoms with E-state index < -0.39 is 0 Å². The molecule has 1 rings (SSSR count). The summed E-state index contributed by atoms with van der Waals surface area (Å²) in [6.07, 6.45) is 13.8. The molecule has 1 aromatic rings. The Morgan fingerprint density at radius 2 is 1.52 bits per heavy atom. The molecule has 1 N–H and O–H groups in total. The van der Waals surface area contributed by atoms with Gasteiger partial charge in [-0.2, -0.15) is 0 Å². The van der Waals surface area contributed by atoms with Crippen molar-refractivity contribution < 1.29 is 9.84 Å². The molecule has 0 heterocycles. The van der Waals surface area contributed by atoms with Gasteiger partial charge in [0.2, 0.25) is 0 Å². The Bertz CT molecular complexity index is 407. The van der Waals surface area contributed by atoms with Crippen molar-refractivity contribution in [3.8, 4) is 11.5 Å². The minimum Gasteiger partial charge on any atom is -0.508 e. The Labute approximate surface area is 147 Å². The van der Waals surface area contributed by atoms with Gasteiger partial charge in [0.25, 0.3) is 0 Å². The highest BCUT2D eigenvalue weighted by Crippen LogP contribution is 2.26. The maximum absolute atomic E-state index is 9.62. The van der Waals surface area contributed by atoms with Gasteiger partial charge in [-0.05, 0) is 31.2 Å². The summed E-state index contributed by atoms with van der Waals surface area (Å²) in [4.78, 5) is 0. The van der Waals surface area contributed by atoms with Gasteiger partial charge in [-0.1, -0.05) is 70.8 Å². The monoisotopic (exact) mass is 338 g/mol. The van der Waals surface area contributed by atoms with E-state index in [4.69, 9.17) is 4.74 Å². The Morgan fingerprint density at radius 3 is 2.17 bits per heavy atom. The van der Waals surface area contributed by atoms with Crippen LogP contribution in [0.5, 0.6) is 11.5 Å². The second kappa shape index (κ2) is 13.6. The number of aromatic hydroxyl groups is 1. The summed E-state index contributed by atoms with van der Waals surface area (Å²) < 4.78 is 5.71. The van der Waals surface area contributed by atoms with E-state index in [0.717, 1.165) is 17.1 Å². The second-order valence-corrected chi connectivity index (χ2v) is 7.30. The molecule has 132 valence electrons. The Hall–Kier alpha value is -0.830. The molecule has 0 amide bonds. The summed E-state index contributed by atoms with van der Waals surface area (Å²) in [6.45, 7) is 4.16. The number of ether oxygens (including phenoxy) is 1. The van der Waals surface area contributed by atoms with E-state index in [1.807, 2.05) is 30.8 Å². The number of phenolic OH excluding ortho intramolecular Hbond substituents is 1. The van der Waals surface area contributed by atoms with Crippen molar-refractivity contribution >= 4 is 11.8 Å². The van der Waals surface area contributed by atoms with E-state index in [-0.39, 0.29) is 0 Å². The summed E-state index contributed by atoms with van der Waals surface area (Å²) in [7, 11) is 0. The quantitative estimate of drug-likeness (QED) is 0.302. The molecule has 0 aliphatic rings. The van der Waals surface area contributed by atoms with Crippen molar-refractivity contribution in [2.24, 2.45) is 0 Å². The van der Waals surface area contributed by atoms with Gasteiger partial charge in [0, 0.05) is 5.56 Å². The normalized spacial score (nSPS) is 10.9. The summed E-state index contributed by atoms with van der Waals surface area (Å²) in [5.74, 6) is 2.93. The number of thioether (sulfide) groups is 1. The standard InChI is InChI=1S/C20H34O2S/c1-3-4-5-6-7-8-9-10-11-12-16-23-17-22-20-15-13-14-19(21)18(20)2/h13-15,21H,3-12,16-17H2,1-2H3. The number of phenols is 1. The number of unbranched alkanes of at least 4 members (excludes halogenated alkanes) is 9. The lowest BCUT2D eigenvalue weighted by Crippen LogP contribution is -1.96. The van der Waals surface area contributed by atoms with Gasteiger partial charge in [0.15, 0.2) is 0 Å². The molecule has 0 spiro atoms. The van der Waals surface area contributed by atoms with Crippen LogP contribution in [0.4, 0.5) is 0 Å². The maximum atomic E-state index is 9.62. The Balaban J connectivity index is 1.87. The van der Waals surface area contributed by atoms with Gasteiger partial charge < -0.3 is 9.84 Å². The third-order valence-corrected chi connectivity index (χ3v) is 5.06. The van der Waals surface area contributed by atoms with Gasteiger partial charge in [-0.3, -0.25) is 0 Å². The van der Waals surface area contributed by atoms with Gasteiger partial charge in [-0.25, -0.2) is 0 Å². The first-order chi connectivity index (χ1) is 11.3. The van der Waals surface area contributed by atoms with E-state index in [0.29, 0.717) is 11.7 Å². The van der Waals surface area contributed by atoms with E-state index >= 15 is 0 Å². The van der Waals surface area contributed by atoms with Gasteiger partial charge in [-0.15, -0.1) is 11.8 Å². The molecule has 3 heteroatoms. The smallest absolute Gasteiger partial charge is 0.134 e. The lowest BCUT2D eigenvalue weighted by atomic mass is 10.1. The van der Waals surface area contributed by atoms with Crippen LogP contribution in [0, 0.1) is 6.92 Å². The highest BCUT2D eigenvalue weighted by molar-refractivity contribution is 7.99. The van der Waals surface area contributed by atoms with E-state index in [1.165, 1.54) is 64.2 Å². The predicted molar refractivity (Wildman–Crippen MR) is 103 cm³/mol. The predicted octanol–water partition coefficient (Wildman–Crippen LogP) is 6.69. The summed E-state index contributed by atoms with van der Waals surface area (Å²) in [5.41, 5.74) is 0.826. The number of rotatable bonds is 14. The molecular formula is C20H34O2S. The van der Waals surface area contributed by atoms with Crippen LogP contribution in [0.15, 0.2) is 18.2 Å². The molecule has 2 nitrogen and oxygen atoms in total. The molecule has 0 saturated heterocycles. The highest BCUT2D eigenvalue weighted by atomic mass is 32.2. The fourth-order valence-electron chi connectivity index (χ4n) is 2.61. The number of hydrogen-bond acceptors (Lipinski definition) is 3. The van der Waals surface area contributed by atoms with Gasteiger partial charge >= 0.3 is 0 Å². The van der Waals surface area contributed by atoms with Crippen molar-refractivity contribution in [2.75, 3.05) is 11.7 Å². The zero-order valence-corrected chi connectivity index (χ0v) is 15.8. The molecule has 0 aromatic heterocycles. The van der Waals surface area contributed by atoms with Crippen LogP contribution in [0.3, 0.4) is 0 Å². The average Bonchev–Trinajstić information content (AvgIpc) is 2.55. The molecule has 0 bridgehead atoms. The largest absolute Gasteiger partial charge is 0.508 e. The lowest BCUT2D eigenvalue weighted by Gasteiger charge is -2.09. The zero-order valence-electron chi connectivity index (χ0n) is 15.0. The third kappa shape index (κ3) is 9.80. The summed E-state index contributed by atoms with van der Waals surface area (Å²) >= 11 is 1.84. The van der Waals surface area contributed by atoms with Crippen molar-refractivity contribution in [3.63, 3.8) is 0 Å². The average molecular weight is 339 g/mol. The minimum atomic E-state index is 0.308. The molecule has 0 radical (unpaired) electrons. The van der Waals surface area contributed by atoms with E-state index in [1.54, 1.807) is 6.07 Å². The number of hydrogen-bond donors (Lipinski definition) is 1. The van der Waals surface area contributed by atoms with Crippen LogP contribution in [0.2, 0.25) is 0 Å². The zero-order chi connectivity index (χ0) is 16.8. The molecule has 0 saturated carbocycles. The van der Waals surface area contributed by atoms with Crippen molar-refractivity contribution in [1.29, 1.82) is 0 Å². The molecule has 0 fully saturated rings. The van der Waals surface area contributed by atoms with Crippen LogP contribution >= 0.6 is 11.8 Å². The first-order valence-electron chi connectivity index (χ1n) is 9.24. The van der Waals surface area contributed by atoms with Crippen LogP contribution in [-0.4, -0.2) is 16.8 Å². The topological polar surface area (TPSA) is 29.5 Å². The van der Waals surface area contributed by atoms with Crippen molar-refractivity contribution in [1.82, 2.24) is 0 Å². The molecule has 0 aliphatic heterocycles. The second-order valence-electron chi connectivity index (χ2n) is 6.25. The molecule has 0 aliphatic carbocycles.